The molecule has 0 atom stereocenters. The topological polar surface area (TPSA) is 62.6 Å². The summed E-state index contributed by atoms with van der Waals surface area (Å²) in [4.78, 5) is 24.7. The number of carbonyl (C=O) groups excluding carboxylic acids is 2. The lowest BCUT2D eigenvalue weighted by Crippen LogP contribution is -2.30. The quantitative estimate of drug-likeness (QED) is 0.696. The van der Waals surface area contributed by atoms with Gasteiger partial charge < -0.3 is 9.73 Å². The summed E-state index contributed by atoms with van der Waals surface area (Å²) in [5.41, 5.74) is 1.05. The highest BCUT2D eigenvalue weighted by Gasteiger charge is 2.32. The predicted molar refractivity (Wildman–Crippen MR) is 83.0 cm³/mol. The molecule has 0 unspecified atom stereocenters. The number of nitrogens with one attached hydrogen (secondary N) is 1. The zero-order chi connectivity index (χ0) is 15.7. The zero-order valence-corrected chi connectivity index (χ0v) is 12.6. The molecule has 1 saturated heterocycles. The van der Waals surface area contributed by atoms with E-state index in [1.165, 1.54) is 6.08 Å². The molecule has 5 nitrogen and oxygen atoms in total. The van der Waals surface area contributed by atoms with Gasteiger partial charge in [-0.05, 0) is 31.2 Å². The largest absolute Gasteiger partial charge is 0.457 e. The summed E-state index contributed by atoms with van der Waals surface area (Å²) >= 11 is 5.95. The van der Waals surface area contributed by atoms with Crippen molar-refractivity contribution in [3.63, 3.8) is 0 Å². The van der Waals surface area contributed by atoms with Gasteiger partial charge in [-0.1, -0.05) is 23.7 Å². The maximum Gasteiger partial charge on any atom is 0.328 e. The monoisotopic (exact) mass is 316 g/mol. The van der Waals surface area contributed by atoms with Gasteiger partial charge in [-0.15, -0.1) is 0 Å². The van der Waals surface area contributed by atoms with Gasteiger partial charge in [-0.25, -0.2) is 4.79 Å². The van der Waals surface area contributed by atoms with E-state index in [-0.39, 0.29) is 11.6 Å². The van der Waals surface area contributed by atoms with Crippen molar-refractivity contribution in [2.24, 2.45) is 0 Å². The third kappa shape index (κ3) is 2.63. The molecule has 1 fully saturated rings. The van der Waals surface area contributed by atoms with Crippen LogP contribution in [0.2, 0.25) is 5.02 Å². The molecule has 2 heterocycles. The number of hydrogen-bond acceptors (Lipinski definition) is 3. The highest BCUT2D eigenvalue weighted by Crippen LogP contribution is 2.26. The average Bonchev–Trinajstić information content (AvgIpc) is 3.05. The van der Waals surface area contributed by atoms with Crippen LogP contribution in [0.5, 0.6) is 0 Å². The Bertz CT molecular complexity index is 779. The van der Waals surface area contributed by atoms with Crippen LogP contribution in [0.15, 0.2) is 46.5 Å². The first kappa shape index (κ1) is 14.4. The molecule has 1 aromatic heterocycles. The van der Waals surface area contributed by atoms with E-state index in [0.717, 1.165) is 10.5 Å². The van der Waals surface area contributed by atoms with Crippen molar-refractivity contribution in [1.82, 2.24) is 10.2 Å². The van der Waals surface area contributed by atoms with Gasteiger partial charge in [0, 0.05) is 23.2 Å². The number of furan rings is 1. The SMILES string of the molecule is CCN1C(=O)NC(=Cc2ccc(-c3cccc(Cl)c3)o2)C1=O. The minimum atomic E-state index is -0.416. The number of hydrogen-bond donors (Lipinski definition) is 1. The van der Waals surface area contributed by atoms with Gasteiger partial charge in [0.25, 0.3) is 5.91 Å². The van der Waals surface area contributed by atoms with E-state index in [9.17, 15) is 9.59 Å². The fraction of sp³-hybridized carbons (Fsp3) is 0.125. The molecule has 0 aliphatic carbocycles. The molecule has 0 radical (unpaired) electrons. The summed E-state index contributed by atoms with van der Waals surface area (Å²) in [6.45, 7) is 2.07. The third-order valence-corrected chi connectivity index (χ3v) is 3.54. The molecule has 22 heavy (non-hydrogen) atoms. The first-order valence-electron chi connectivity index (χ1n) is 6.79. The molecule has 1 aliphatic rings. The smallest absolute Gasteiger partial charge is 0.328 e. The molecule has 6 heteroatoms. The summed E-state index contributed by atoms with van der Waals surface area (Å²) in [6.07, 6.45) is 1.52. The number of imide groups is 1. The van der Waals surface area contributed by atoms with Gasteiger partial charge in [0.05, 0.1) is 0 Å². The lowest BCUT2D eigenvalue weighted by atomic mass is 10.2. The van der Waals surface area contributed by atoms with E-state index in [1.54, 1.807) is 31.2 Å². The van der Waals surface area contributed by atoms with Crippen molar-refractivity contribution in [3.05, 3.63) is 52.9 Å². The lowest BCUT2D eigenvalue weighted by Gasteiger charge is -2.05. The standard InChI is InChI=1S/C16H13ClN2O3/c1-2-19-15(20)13(18-16(19)21)9-12-6-7-14(22-12)10-4-3-5-11(17)8-10/h3-9H,2H2,1H3,(H,18,21). The van der Waals surface area contributed by atoms with Gasteiger partial charge in [0.15, 0.2) is 0 Å². The van der Waals surface area contributed by atoms with Gasteiger partial charge in [0.1, 0.15) is 17.2 Å². The number of nitrogens with zero attached hydrogens (tertiary/aromatic N) is 1. The molecule has 2 aromatic rings. The molecule has 1 aromatic carbocycles. The molecule has 0 bridgehead atoms. The molecule has 3 rings (SSSR count). The van der Waals surface area contributed by atoms with Crippen LogP contribution in [0.3, 0.4) is 0 Å². The Morgan fingerprint density at radius 2 is 2.09 bits per heavy atom. The number of carbonyl (C=O) groups is 2. The van der Waals surface area contributed by atoms with Crippen molar-refractivity contribution in [1.29, 1.82) is 0 Å². The Morgan fingerprint density at radius 3 is 2.77 bits per heavy atom. The zero-order valence-electron chi connectivity index (χ0n) is 11.8. The molecule has 1 aliphatic heterocycles. The van der Waals surface area contributed by atoms with Crippen LogP contribution < -0.4 is 5.32 Å². The summed E-state index contributed by atoms with van der Waals surface area (Å²) in [7, 11) is 0. The van der Waals surface area contributed by atoms with E-state index in [2.05, 4.69) is 5.32 Å². The Kier molecular flexibility index (Phi) is 3.73. The van der Waals surface area contributed by atoms with E-state index in [4.69, 9.17) is 16.0 Å². The average molecular weight is 317 g/mol. The van der Waals surface area contributed by atoms with Crippen LogP contribution >= 0.6 is 11.6 Å². The summed E-state index contributed by atoms with van der Waals surface area (Å²) < 4.78 is 5.68. The maximum absolute atomic E-state index is 12.0. The highest BCUT2D eigenvalue weighted by molar-refractivity contribution is 6.30. The second kappa shape index (κ2) is 5.69. The molecule has 3 amide bonds. The van der Waals surface area contributed by atoms with E-state index < -0.39 is 6.03 Å². The fourth-order valence-corrected chi connectivity index (χ4v) is 2.42. The second-order valence-corrected chi connectivity index (χ2v) is 5.19. The molecule has 1 N–H and O–H groups in total. The van der Waals surface area contributed by atoms with Gasteiger partial charge in [-0.3, -0.25) is 9.69 Å². The third-order valence-electron chi connectivity index (χ3n) is 3.30. The number of likely N-dealkylation sites (N-methyl/N-ethyl adjacent to an activating group) is 1. The fourth-order valence-electron chi connectivity index (χ4n) is 2.23. The Balaban J connectivity index is 1.88. The first-order chi connectivity index (χ1) is 10.6. The van der Waals surface area contributed by atoms with Crippen molar-refractivity contribution < 1.29 is 14.0 Å². The molecular formula is C16H13ClN2O3. The van der Waals surface area contributed by atoms with Crippen LogP contribution in [0.4, 0.5) is 4.79 Å². The number of amides is 3. The van der Waals surface area contributed by atoms with Crippen molar-refractivity contribution in [2.75, 3.05) is 6.54 Å². The van der Waals surface area contributed by atoms with Gasteiger partial charge in [0.2, 0.25) is 0 Å². The minimum Gasteiger partial charge on any atom is -0.457 e. The predicted octanol–water partition coefficient (Wildman–Crippen LogP) is 3.51. The van der Waals surface area contributed by atoms with Crippen LogP contribution in [0.25, 0.3) is 17.4 Å². The number of benzene rings is 1. The molecule has 112 valence electrons. The summed E-state index contributed by atoms with van der Waals surface area (Å²) in [6, 6.07) is 10.4. The molecular weight excluding hydrogens is 304 g/mol. The normalized spacial score (nSPS) is 16.5. The van der Waals surface area contributed by atoms with Gasteiger partial charge >= 0.3 is 6.03 Å². The Morgan fingerprint density at radius 1 is 1.27 bits per heavy atom. The van der Waals surface area contributed by atoms with Gasteiger partial charge in [-0.2, -0.15) is 0 Å². The Hall–Kier alpha value is -2.53. The van der Waals surface area contributed by atoms with Crippen LogP contribution in [-0.4, -0.2) is 23.4 Å². The second-order valence-electron chi connectivity index (χ2n) is 4.75. The van der Waals surface area contributed by atoms with Crippen LogP contribution in [0.1, 0.15) is 12.7 Å². The molecule has 0 saturated carbocycles. The molecule has 0 spiro atoms. The summed E-state index contributed by atoms with van der Waals surface area (Å²) in [5, 5.41) is 3.15. The number of halogens is 1. The highest BCUT2D eigenvalue weighted by atomic mass is 35.5. The van der Waals surface area contributed by atoms with Crippen molar-refractivity contribution >= 4 is 29.6 Å². The number of rotatable bonds is 3. The van der Waals surface area contributed by atoms with E-state index in [1.807, 2.05) is 12.1 Å². The summed E-state index contributed by atoms with van der Waals surface area (Å²) in [5.74, 6) is 0.767. The minimum absolute atomic E-state index is 0.207. The number of urea groups is 1. The van der Waals surface area contributed by atoms with E-state index >= 15 is 0 Å². The lowest BCUT2D eigenvalue weighted by molar-refractivity contribution is -0.122. The van der Waals surface area contributed by atoms with Crippen LogP contribution in [0, 0.1) is 0 Å². The van der Waals surface area contributed by atoms with E-state index in [0.29, 0.717) is 23.1 Å². The van der Waals surface area contributed by atoms with Crippen molar-refractivity contribution in [3.8, 4) is 11.3 Å². The van der Waals surface area contributed by atoms with Crippen LogP contribution in [-0.2, 0) is 4.79 Å². The Labute approximate surface area is 132 Å². The van der Waals surface area contributed by atoms with Crippen molar-refractivity contribution in [2.45, 2.75) is 6.92 Å². The maximum atomic E-state index is 12.0. The first-order valence-corrected chi connectivity index (χ1v) is 7.16.